The maximum Gasteiger partial charge on any atom is 0.262 e. The second-order valence-corrected chi connectivity index (χ2v) is 5.12. The molecule has 2 aromatic carbocycles. The van der Waals surface area contributed by atoms with Crippen molar-refractivity contribution >= 4 is 11.6 Å². The molecule has 0 radical (unpaired) electrons. The zero-order valence-corrected chi connectivity index (χ0v) is 12.7. The van der Waals surface area contributed by atoms with E-state index in [0.717, 1.165) is 18.6 Å². The third-order valence-corrected chi connectivity index (χ3v) is 3.29. The lowest BCUT2D eigenvalue weighted by molar-refractivity contribution is -0.118. The largest absolute Gasteiger partial charge is 0.490 e. The van der Waals surface area contributed by atoms with Crippen molar-refractivity contribution in [2.45, 2.75) is 6.42 Å². The van der Waals surface area contributed by atoms with Crippen LogP contribution < -0.4 is 19.5 Å². The van der Waals surface area contributed by atoms with Gasteiger partial charge in [-0.1, -0.05) is 0 Å². The van der Waals surface area contributed by atoms with E-state index in [4.69, 9.17) is 14.2 Å². The van der Waals surface area contributed by atoms with Gasteiger partial charge in [0.05, 0.1) is 13.2 Å². The van der Waals surface area contributed by atoms with E-state index in [9.17, 15) is 13.6 Å². The van der Waals surface area contributed by atoms with Crippen molar-refractivity contribution in [3.63, 3.8) is 0 Å². The molecule has 0 saturated heterocycles. The fraction of sp³-hybridized carbons (Fsp3) is 0.235. The van der Waals surface area contributed by atoms with Crippen LogP contribution in [0.2, 0.25) is 0 Å². The molecule has 0 fully saturated rings. The number of fused-ring (bicyclic) bond motifs is 1. The Kier molecular flexibility index (Phi) is 4.79. The Balaban J connectivity index is 1.58. The van der Waals surface area contributed by atoms with Crippen molar-refractivity contribution < 1.29 is 27.8 Å². The fourth-order valence-electron chi connectivity index (χ4n) is 2.15. The quantitative estimate of drug-likeness (QED) is 0.933. The van der Waals surface area contributed by atoms with Gasteiger partial charge in [0.25, 0.3) is 5.91 Å². The van der Waals surface area contributed by atoms with Crippen LogP contribution in [-0.2, 0) is 4.79 Å². The van der Waals surface area contributed by atoms with Crippen LogP contribution in [0.5, 0.6) is 17.2 Å². The lowest BCUT2D eigenvalue weighted by atomic mass is 10.2. The van der Waals surface area contributed by atoms with E-state index in [0.29, 0.717) is 30.4 Å². The van der Waals surface area contributed by atoms with E-state index < -0.39 is 17.5 Å². The lowest BCUT2D eigenvalue weighted by Crippen LogP contribution is -2.20. The molecule has 5 nitrogen and oxygen atoms in total. The number of hydrogen-bond donors (Lipinski definition) is 1. The molecular formula is C17H15F2NO4. The first kappa shape index (κ1) is 16.0. The van der Waals surface area contributed by atoms with Gasteiger partial charge in [0.1, 0.15) is 5.75 Å². The summed E-state index contributed by atoms with van der Waals surface area (Å²) < 4.78 is 42.1. The number of ether oxygens (including phenoxy) is 3. The van der Waals surface area contributed by atoms with E-state index in [-0.39, 0.29) is 12.4 Å². The Labute approximate surface area is 137 Å². The average molecular weight is 335 g/mol. The number of hydrogen-bond acceptors (Lipinski definition) is 4. The van der Waals surface area contributed by atoms with Crippen molar-refractivity contribution in [3.8, 4) is 17.2 Å². The summed E-state index contributed by atoms with van der Waals surface area (Å²) in [4.78, 5) is 11.9. The van der Waals surface area contributed by atoms with Gasteiger partial charge in [0.2, 0.25) is 0 Å². The molecule has 0 aliphatic carbocycles. The maximum absolute atomic E-state index is 13.1. The van der Waals surface area contributed by atoms with Crippen LogP contribution >= 0.6 is 0 Å². The number of halogens is 2. The first-order chi connectivity index (χ1) is 11.6. The molecule has 0 unspecified atom stereocenters. The summed E-state index contributed by atoms with van der Waals surface area (Å²) in [5, 5.41) is 2.64. The van der Waals surface area contributed by atoms with Gasteiger partial charge in [-0.15, -0.1) is 0 Å². The van der Waals surface area contributed by atoms with E-state index in [1.54, 1.807) is 18.2 Å². The molecule has 0 spiro atoms. The zero-order chi connectivity index (χ0) is 16.9. The Morgan fingerprint density at radius 3 is 2.62 bits per heavy atom. The van der Waals surface area contributed by atoms with Crippen molar-refractivity contribution in [1.82, 2.24) is 0 Å². The van der Waals surface area contributed by atoms with Gasteiger partial charge < -0.3 is 19.5 Å². The van der Waals surface area contributed by atoms with Crippen LogP contribution in [0.4, 0.5) is 14.5 Å². The smallest absolute Gasteiger partial charge is 0.262 e. The highest BCUT2D eigenvalue weighted by molar-refractivity contribution is 5.92. The fourth-order valence-corrected chi connectivity index (χ4v) is 2.15. The molecule has 126 valence electrons. The molecule has 1 N–H and O–H groups in total. The highest BCUT2D eigenvalue weighted by Gasteiger charge is 2.12. The van der Waals surface area contributed by atoms with E-state index in [1.807, 2.05) is 0 Å². The molecule has 0 bridgehead atoms. The third kappa shape index (κ3) is 3.92. The molecule has 0 saturated carbocycles. The minimum atomic E-state index is -1.03. The molecule has 3 rings (SSSR count). The standard InChI is InChI=1S/C17H15F2NO4/c18-13-4-3-12(9-14(13)19)24-10-17(21)20-11-2-5-15-16(8-11)23-7-1-6-22-15/h2-5,8-9H,1,6-7,10H2,(H,20,21). The van der Waals surface area contributed by atoms with Gasteiger partial charge in [-0.05, 0) is 24.3 Å². The first-order valence-electron chi connectivity index (χ1n) is 7.39. The molecule has 7 heteroatoms. The average Bonchev–Trinajstić information content (AvgIpc) is 2.81. The summed E-state index contributed by atoms with van der Waals surface area (Å²) in [7, 11) is 0. The van der Waals surface area contributed by atoms with Crippen LogP contribution in [0.3, 0.4) is 0 Å². The van der Waals surface area contributed by atoms with E-state index in [2.05, 4.69) is 5.32 Å². The number of benzene rings is 2. The highest BCUT2D eigenvalue weighted by Crippen LogP contribution is 2.32. The number of anilines is 1. The van der Waals surface area contributed by atoms with Gasteiger partial charge in [-0.2, -0.15) is 0 Å². The summed E-state index contributed by atoms with van der Waals surface area (Å²) in [5.74, 6) is -1.18. The minimum Gasteiger partial charge on any atom is -0.490 e. The minimum absolute atomic E-state index is 0.0720. The van der Waals surface area contributed by atoms with Gasteiger partial charge in [-0.3, -0.25) is 4.79 Å². The van der Waals surface area contributed by atoms with Crippen molar-refractivity contribution in [2.75, 3.05) is 25.1 Å². The first-order valence-corrected chi connectivity index (χ1v) is 7.39. The molecule has 24 heavy (non-hydrogen) atoms. The number of amides is 1. The second kappa shape index (κ2) is 7.16. The van der Waals surface area contributed by atoms with Gasteiger partial charge >= 0.3 is 0 Å². The van der Waals surface area contributed by atoms with Crippen LogP contribution in [-0.4, -0.2) is 25.7 Å². The van der Waals surface area contributed by atoms with E-state index in [1.165, 1.54) is 6.07 Å². The van der Waals surface area contributed by atoms with Crippen LogP contribution in [0, 0.1) is 11.6 Å². The number of nitrogens with one attached hydrogen (secondary N) is 1. The molecule has 1 aliphatic heterocycles. The molecular weight excluding hydrogens is 320 g/mol. The predicted octanol–water partition coefficient (Wildman–Crippen LogP) is 3.14. The van der Waals surface area contributed by atoms with Crippen LogP contribution in [0.25, 0.3) is 0 Å². The molecule has 1 heterocycles. The number of carbonyl (C=O) groups is 1. The molecule has 1 amide bonds. The SMILES string of the molecule is O=C(COc1ccc(F)c(F)c1)Nc1ccc2c(c1)OCCCO2. The van der Waals surface area contributed by atoms with Crippen LogP contribution in [0.1, 0.15) is 6.42 Å². The Morgan fingerprint density at radius 1 is 1.04 bits per heavy atom. The summed E-state index contributed by atoms with van der Waals surface area (Å²) >= 11 is 0. The van der Waals surface area contributed by atoms with Crippen molar-refractivity contribution in [3.05, 3.63) is 48.0 Å². The van der Waals surface area contributed by atoms with E-state index >= 15 is 0 Å². The predicted molar refractivity (Wildman–Crippen MR) is 82.5 cm³/mol. The second-order valence-electron chi connectivity index (χ2n) is 5.12. The maximum atomic E-state index is 13.1. The molecule has 1 aliphatic rings. The third-order valence-electron chi connectivity index (χ3n) is 3.29. The topological polar surface area (TPSA) is 56.8 Å². The normalized spacial score (nSPS) is 13.1. The summed E-state index contributed by atoms with van der Waals surface area (Å²) in [6.45, 7) is 0.796. The lowest BCUT2D eigenvalue weighted by Gasteiger charge is -2.11. The molecule has 0 atom stereocenters. The van der Waals surface area contributed by atoms with Gasteiger partial charge in [0.15, 0.2) is 29.7 Å². The zero-order valence-electron chi connectivity index (χ0n) is 12.7. The summed E-state index contributed by atoms with van der Waals surface area (Å²) in [6.07, 6.45) is 0.790. The van der Waals surface area contributed by atoms with Crippen molar-refractivity contribution in [2.24, 2.45) is 0 Å². The summed E-state index contributed by atoms with van der Waals surface area (Å²) in [5.41, 5.74) is 0.526. The molecule has 0 aromatic heterocycles. The Morgan fingerprint density at radius 2 is 1.83 bits per heavy atom. The van der Waals surface area contributed by atoms with Gasteiger partial charge in [0, 0.05) is 24.2 Å². The Bertz CT molecular complexity index is 751. The number of carbonyl (C=O) groups excluding carboxylic acids is 1. The molecule has 2 aromatic rings. The number of rotatable bonds is 4. The van der Waals surface area contributed by atoms with Crippen LogP contribution in [0.15, 0.2) is 36.4 Å². The monoisotopic (exact) mass is 335 g/mol. The van der Waals surface area contributed by atoms with Gasteiger partial charge in [-0.25, -0.2) is 8.78 Å². The Hall–Kier alpha value is -2.83. The summed E-state index contributed by atoms with van der Waals surface area (Å²) in [6, 6.07) is 8.13. The highest BCUT2D eigenvalue weighted by atomic mass is 19.2. The van der Waals surface area contributed by atoms with Crippen molar-refractivity contribution in [1.29, 1.82) is 0 Å².